The number of H-pyrrole nitrogens is 1. The number of pyridine rings is 1. The van der Waals surface area contributed by atoms with Crippen LogP contribution in [0.5, 0.6) is 0 Å². The first-order valence-corrected chi connectivity index (χ1v) is 10.8. The molecule has 0 saturated heterocycles. The normalized spacial score (nSPS) is 20.2. The first-order chi connectivity index (χ1) is 16.1. The summed E-state index contributed by atoms with van der Waals surface area (Å²) in [4.78, 5) is 10.1. The Morgan fingerprint density at radius 1 is 0.912 bits per heavy atom. The van der Waals surface area contributed by atoms with Gasteiger partial charge in [0.2, 0.25) is 0 Å². The third-order valence-electron chi connectivity index (χ3n) is 6.70. The lowest BCUT2D eigenvalue weighted by molar-refractivity contribution is -0.166. The second-order valence-corrected chi connectivity index (χ2v) is 8.69. The molecule has 1 atom stereocenters. The van der Waals surface area contributed by atoms with Gasteiger partial charge in [-0.2, -0.15) is 13.2 Å². The molecule has 1 unspecified atom stereocenters. The van der Waals surface area contributed by atoms with E-state index in [1.54, 1.807) is 18.3 Å². The highest BCUT2D eigenvalue weighted by Gasteiger charge is 2.48. The third-order valence-corrected chi connectivity index (χ3v) is 6.70. The van der Waals surface area contributed by atoms with Crippen molar-refractivity contribution in [1.82, 2.24) is 15.0 Å². The van der Waals surface area contributed by atoms with E-state index in [9.17, 15) is 30.7 Å². The van der Waals surface area contributed by atoms with Crippen LogP contribution in [-0.4, -0.2) is 21.1 Å². The maximum atomic E-state index is 14.1. The molecular formula is C24H18F7N3. The zero-order chi connectivity index (χ0) is 24.2. The molecule has 0 amide bonds. The fourth-order valence-corrected chi connectivity index (χ4v) is 5.14. The number of nitrogens with zero attached hydrogens (tertiary/aromatic N) is 2. The van der Waals surface area contributed by atoms with E-state index in [2.05, 4.69) is 15.0 Å². The Morgan fingerprint density at radius 2 is 1.65 bits per heavy atom. The van der Waals surface area contributed by atoms with E-state index >= 15 is 0 Å². The van der Waals surface area contributed by atoms with Gasteiger partial charge >= 0.3 is 6.18 Å². The zero-order valence-electron chi connectivity index (χ0n) is 17.6. The van der Waals surface area contributed by atoms with Crippen LogP contribution in [0.3, 0.4) is 0 Å². The second-order valence-electron chi connectivity index (χ2n) is 8.69. The van der Waals surface area contributed by atoms with Crippen molar-refractivity contribution in [3.8, 4) is 0 Å². The van der Waals surface area contributed by atoms with Gasteiger partial charge in [-0.25, -0.2) is 22.5 Å². The van der Waals surface area contributed by atoms with Crippen LogP contribution in [0.4, 0.5) is 30.7 Å². The molecule has 2 heterocycles. The van der Waals surface area contributed by atoms with Crippen molar-refractivity contribution in [3.05, 3.63) is 71.2 Å². The SMILES string of the molecule is Fc1ccc2nccc(C3CCC(C(c4nc5c(F)cc(F)c(F)c5[nH]4)C(F)(F)F)CC3)c2c1. The number of benzene rings is 2. The fraction of sp³-hybridized carbons (Fsp3) is 0.333. The highest BCUT2D eigenvalue weighted by molar-refractivity contribution is 5.82. The van der Waals surface area contributed by atoms with Crippen LogP contribution in [0.2, 0.25) is 0 Å². The molecule has 10 heteroatoms. The number of alkyl halides is 3. The highest BCUT2D eigenvalue weighted by atomic mass is 19.4. The summed E-state index contributed by atoms with van der Waals surface area (Å²) in [5.74, 6) is -8.34. The molecule has 3 nitrogen and oxygen atoms in total. The van der Waals surface area contributed by atoms with Crippen LogP contribution in [0.1, 0.15) is 48.9 Å². The summed E-state index contributed by atoms with van der Waals surface area (Å²) < 4.78 is 97.7. The lowest BCUT2D eigenvalue weighted by atomic mass is 9.73. The first-order valence-electron chi connectivity index (χ1n) is 10.8. The average molecular weight is 481 g/mol. The van der Waals surface area contributed by atoms with E-state index in [0.717, 1.165) is 5.56 Å². The maximum Gasteiger partial charge on any atom is 0.399 e. The predicted octanol–water partition coefficient (Wildman–Crippen LogP) is 7.29. The van der Waals surface area contributed by atoms with Gasteiger partial charge in [-0.15, -0.1) is 0 Å². The van der Waals surface area contributed by atoms with Crippen molar-refractivity contribution in [2.24, 2.45) is 5.92 Å². The summed E-state index contributed by atoms with van der Waals surface area (Å²) in [5, 5.41) is 0.628. The van der Waals surface area contributed by atoms with Crippen LogP contribution < -0.4 is 0 Å². The Bertz CT molecular complexity index is 1370. The quantitative estimate of drug-likeness (QED) is 0.247. The Kier molecular flexibility index (Phi) is 5.49. The molecule has 1 N–H and O–H groups in total. The zero-order valence-corrected chi connectivity index (χ0v) is 17.6. The molecule has 5 rings (SSSR count). The number of aromatic nitrogens is 3. The van der Waals surface area contributed by atoms with Gasteiger partial charge in [-0.3, -0.25) is 4.98 Å². The second kappa shape index (κ2) is 8.25. The number of imidazole rings is 1. The smallest absolute Gasteiger partial charge is 0.339 e. The summed E-state index contributed by atoms with van der Waals surface area (Å²) in [7, 11) is 0. The molecule has 2 aromatic carbocycles. The molecular weight excluding hydrogens is 463 g/mol. The number of rotatable bonds is 3. The van der Waals surface area contributed by atoms with Crippen LogP contribution >= 0.6 is 0 Å². The Morgan fingerprint density at radius 3 is 2.35 bits per heavy atom. The number of hydrogen-bond donors (Lipinski definition) is 1. The summed E-state index contributed by atoms with van der Waals surface area (Å²) in [6, 6.07) is 6.25. The van der Waals surface area contributed by atoms with Gasteiger partial charge < -0.3 is 4.98 Å². The monoisotopic (exact) mass is 481 g/mol. The highest BCUT2D eigenvalue weighted by Crippen LogP contribution is 2.48. The molecule has 178 valence electrons. The molecule has 4 aromatic rings. The van der Waals surface area contributed by atoms with Gasteiger partial charge in [-0.1, -0.05) is 0 Å². The van der Waals surface area contributed by atoms with Crippen LogP contribution in [-0.2, 0) is 0 Å². The van der Waals surface area contributed by atoms with Crippen molar-refractivity contribution in [1.29, 1.82) is 0 Å². The standard InChI is InChI=1S/C24H18F7N3/c25-13-5-6-18-15(9-13)14(7-8-32-18)11-1-3-12(4-2-11)19(24(29,30)31)23-33-21-17(27)10-16(26)20(28)22(21)34-23/h5-12,19H,1-4H2,(H,33,34). The molecule has 1 fully saturated rings. The Hall–Kier alpha value is -3.17. The molecule has 34 heavy (non-hydrogen) atoms. The molecule has 1 aliphatic carbocycles. The number of fused-ring (bicyclic) bond motifs is 2. The van der Waals surface area contributed by atoms with Gasteiger partial charge in [0.15, 0.2) is 17.5 Å². The largest absolute Gasteiger partial charge is 0.399 e. The minimum atomic E-state index is -4.73. The van der Waals surface area contributed by atoms with E-state index in [0.29, 0.717) is 23.7 Å². The van der Waals surface area contributed by atoms with E-state index in [-0.39, 0.29) is 24.8 Å². The van der Waals surface area contributed by atoms with Crippen molar-refractivity contribution >= 4 is 21.9 Å². The number of nitrogens with one attached hydrogen (secondary N) is 1. The average Bonchev–Trinajstić information content (AvgIpc) is 3.22. The van der Waals surface area contributed by atoms with Crippen LogP contribution in [0, 0.1) is 29.2 Å². The Labute approximate surface area is 189 Å². The van der Waals surface area contributed by atoms with E-state index in [4.69, 9.17) is 0 Å². The van der Waals surface area contributed by atoms with E-state index in [1.165, 1.54) is 12.1 Å². The Balaban J connectivity index is 1.45. The van der Waals surface area contributed by atoms with E-state index < -0.39 is 58.1 Å². The fourth-order valence-electron chi connectivity index (χ4n) is 5.14. The molecule has 0 radical (unpaired) electrons. The summed E-state index contributed by atoms with van der Waals surface area (Å²) in [6.45, 7) is 0. The summed E-state index contributed by atoms with van der Waals surface area (Å²) >= 11 is 0. The molecule has 0 bridgehead atoms. The predicted molar refractivity (Wildman–Crippen MR) is 111 cm³/mol. The van der Waals surface area contributed by atoms with Crippen LogP contribution in [0.15, 0.2) is 36.5 Å². The minimum absolute atomic E-state index is 0.0860. The number of hydrogen-bond acceptors (Lipinski definition) is 2. The number of aromatic amines is 1. The minimum Gasteiger partial charge on any atom is -0.339 e. The summed E-state index contributed by atoms with van der Waals surface area (Å²) in [5.41, 5.74) is 0.0467. The van der Waals surface area contributed by atoms with Crippen molar-refractivity contribution in [3.63, 3.8) is 0 Å². The third kappa shape index (κ3) is 3.88. The molecule has 1 saturated carbocycles. The molecule has 0 aliphatic heterocycles. The van der Waals surface area contributed by atoms with Crippen molar-refractivity contribution in [2.45, 2.75) is 43.7 Å². The molecule has 0 spiro atoms. The summed E-state index contributed by atoms with van der Waals surface area (Å²) in [6.07, 6.45) is -1.98. The lowest BCUT2D eigenvalue weighted by Gasteiger charge is -2.34. The first kappa shape index (κ1) is 22.6. The van der Waals surface area contributed by atoms with Crippen LogP contribution in [0.25, 0.3) is 21.9 Å². The maximum absolute atomic E-state index is 14.1. The molecule has 1 aliphatic rings. The number of halogens is 7. The van der Waals surface area contributed by atoms with Crippen molar-refractivity contribution < 1.29 is 30.7 Å². The van der Waals surface area contributed by atoms with Gasteiger partial charge in [0.25, 0.3) is 0 Å². The van der Waals surface area contributed by atoms with Gasteiger partial charge in [0, 0.05) is 17.6 Å². The molecule has 2 aromatic heterocycles. The van der Waals surface area contributed by atoms with Gasteiger partial charge in [-0.05, 0) is 67.3 Å². The lowest BCUT2D eigenvalue weighted by Crippen LogP contribution is -2.31. The van der Waals surface area contributed by atoms with Gasteiger partial charge in [0.05, 0.1) is 5.52 Å². The topological polar surface area (TPSA) is 41.6 Å². The van der Waals surface area contributed by atoms with E-state index in [1.807, 2.05) is 0 Å². The van der Waals surface area contributed by atoms with Gasteiger partial charge in [0.1, 0.15) is 28.6 Å². The van der Waals surface area contributed by atoms with Crippen molar-refractivity contribution in [2.75, 3.05) is 0 Å².